The number of carbonyl (C=O) groups excluding carboxylic acids is 3. The Labute approximate surface area is 177 Å². The quantitative estimate of drug-likeness (QED) is 0.505. The van der Waals surface area contributed by atoms with E-state index in [9.17, 15) is 14.4 Å². The average Bonchev–Trinajstić information content (AvgIpc) is 3.06. The van der Waals surface area contributed by atoms with E-state index in [1.807, 2.05) is 26.0 Å². The topological polar surface area (TPSA) is 115 Å². The normalized spacial score (nSPS) is 17.0. The Morgan fingerprint density at radius 3 is 2.52 bits per heavy atom. The van der Waals surface area contributed by atoms with E-state index in [0.29, 0.717) is 12.2 Å². The molecule has 4 amide bonds. The molecular formula is C19H31ClN6O3. The van der Waals surface area contributed by atoms with Gasteiger partial charge in [0.2, 0.25) is 5.91 Å². The fourth-order valence-electron chi connectivity index (χ4n) is 3.14. The molecule has 0 aliphatic carbocycles. The number of pyridine rings is 1. The van der Waals surface area contributed by atoms with Crippen molar-refractivity contribution in [2.75, 3.05) is 25.5 Å². The van der Waals surface area contributed by atoms with E-state index in [0.717, 1.165) is 5.56 Å². The minimum atomic E-state index is -0.696. The summed E-state index contributed by atoms with van der Waals surface area (Å²) in [5.41, 5.74) is 0.942. The second-order valence-electron chi connectivity index (χ2n) is 7.25. The number of urea groups is 1. The highest BCUT2D eigenvalue weighted by atomic mass is 35.5. The van der Waals surface area contributed by atoms with Crippen LogP contribution < -0.4 is 26.2 Å². The first-order valence-corrected chi connectivity index (χ1v) is 9.50. The molecule has 162 valence electrons. The molecule has 0 spiro atoms. The third kappa shape index (κ3) is 5.80. The molecule has 0 radical (unpaired) electrons. The Morgan fingerprint density at radius 1 is 1.24 bits per heavy atom. The molecule has 0 saturated carbocycles. The van der Waals surface area contributed by atoms with Crippen LogP contribution in [0.3, 0.4) is 0 Å². The molecule has 4 N–H and O–H groups in total. The van der Waals surface area contributed by atoms with Gasteiger partial charge in [0.15, 0.2) is 0 Å². The Kier molecular flexibility index (Phi) is 9.32. The van der Waals surface area contributed by atoms with E-state index in [1.165, 1.54) is 7.05 Å². The number of anilines is 1. The molecule has 9 nitrogen and oxygen atoms in total. The van der Waals surface area contributed by atoms with E-state index >= 15 is 0 Å². The van der Waals surface area contributed by atoms with Crippen molar-refractivity contribution in [3.05, 3.63) is 23.9 Å². The number of fused-ring (bicyclic) bond motifs is 1. The molecule has 1 unspecified atom stereocenters. The monoisotopic (exact) mass is 426 g/mol. The van der Waals surface area contributed by atoms with Crippen molar-refractivity contribution in [3.8, 4) is 0 Å². The maximum Gasteiger partial charge on any atom is 0.314 e. The highest BCUT2D eigenvalue weighted by Crippen LogP contribution is 2.31. The SMILES string of the molecule is CNC(=O)NC[C@@H]1Cc2cccnc2N1C(=O)[C@@H](NC(=O)C(C)NC)C(C)C.Cl. The van der Waals surface area contributed by atoms with Gasteiger partial charge in [-0.3, -0.25) is 14.5 Å². The van der Waals surface area contributed by atoms with Crippen LogP contribution in [0.25, 0.3) is 0 Å². The number of aromatic nitrogens is 1. The van der Waals surface area contributed by atoms with Crippen molar-refractivity contribution in [1.82, 2.24) is 26.3 Å². The van der Waals surface area contributed by atoms with Gasteiger partial charge >= 0.3 is 6.03 Å². The van der Waals surface area contributed by atoms with Crippen molar-refractivity contribution in [2.24, 2.45) is 5.92 Å². The van der Waals surface area contributed by atoms with Gasteiger partial charge in [0.25, 0.3) is 5.91 Å². The first kappa shape index (κ1) is 24.6. The maximum absolute atomic E-state index is 13.4. The zero-order valence-electron chi connectivity index (χ0n) is 17.5. The zero-order valence-corrected chi connectivity index (χ0v) is 18.3. The molecule has 0 bridgehead atoms. The summed E-state index contributed by atoms with van der Waals surface area (Å²) >= 11 is 0. The molecular weight excluding hydrogens is 396 g/mol. The summed E-state index contributed by atoms with van der Waals surface area (Å²) < 4.78 is 0. The second-order valence-corrected chi connectivity index (χ2v) is 7.25. The summed E-state index contributed by atoms with van der Waals surface area (Å²) in [6.45, 7) is 5.80. The summed E-state index contributed by atoms with van der Waals surface area (Å²) in [6, 6.07) is 2.06. The first-order valence-electron chi connectivity index (χ1n) is 9.50. The third-order valence-corrected chi connectivity index (χ3v) is 4.94. The van der Waals surface area contributed by atoms with Crippen LogP contribution in [-0.2, 0) is 16.0 Å². The number of hydrogen-bond acceptors (Lipinski definition) is 5. The lowest BCUT2D eigenvalue weighted by atomic mass is 10.0. The molecule has 2 heterocycles. The molecule has 1 aromatic heterocycles. The summed E-state index contributed by atoms with van der Waals surface area (Å²) in [7, 11) is 3.23. The highest BCUT2D eigenvalue weighted by Gasteiger charge is 2.39. The van der Waals surface area contributed by atoms with Crippen molar-refractivity contribution < 1.29 is 14.4 Å². The minimum absolute atomic E-state index is 0. The molecule has 10 heteroatoms. The number of carbonyl (C=O) groups is 3. The first-order chi connectivity index (χ1) is 13.3. The maximum atomic E-state index is 13.4. The molecule has 0 fully saturated rings. The number of nitrogens with zero attached hydrogens (tertiary/aromatic N) is 2. The van der Waals surface area contributed by atoms with Gasteiger partial charge in [-0.05, 0) is 37.9 Å². The summed E-state index contributed by atoms with van der Waals surface area (Å²) in [5.74, 6) is 0.00132. The number of hydrogen-bond donors (Lipinski definition) is 4. The minimum Gasteiger partial charge on any atom is -0.343 e. The Balaban J connectivity index is 0.00000420. The van der Waals surface area contributed by atoms with Gasteiger partial charge in [0.05, 0.1) is 12.1 Å². The number of rotatable bonds is 7. The predicted octanol–water partition coefficient (Wildman–Crippen LogP) is 0.439. The molecule has 2 rings (SSSR count). The summed E-state index contributed by atoms with van der Waals surface area (Å²) in [4.78, 5) is 43.4. The van der Waals surface area contributed by atoms with Crippen LogP contribution in [0.1, 0.15) is 26.3 Å². The lowest BCUT2D eigenvalue weighted by Crippen LogP contribution is -2.57. The largest absolute Gasteiger partial charge is 0.343 e. The number of halogens is 1. The van der Waals surface area contributed by atoms with E-state index in [1.54, 1.807) is 25.1 Å². The van der Waals surface area contributed by atoms with Crippen LogP contribution in [0, 0.1) is 5.92 Å². The molecule has 0 aromatic carbocycles. The molecule has 0 saturated heterocycles. The molecule has 1 aliphatic rings. The van der Waals surface area contributed by atoms with Crippen LogP contribution in [0.15, 0.2) is 18.3 Å². The van der Waals surface area contributed by atoms with Crippen LogP contribution >= 0.6 is 12.4 Å². The summed E-state index contributed by atoms with van der Waals surface area (Å²) in [6.07, 6.45) is 2.23. The van der Waals surface area contributed by atoms with Crippen LogP contribution in [0.2, 0.25) is 0 Å². The molecule has 1 aromatic rings. The van der Waals surface area contributed by atoms with Crippen LogP contribution in [-0.4, -0.2) is 61.6 Å². The lowest BCUT2D eigenvalue weighted by Gasteiger charge is -2.31. The smallest absolute Gasteiger partial charge is 0.314 e. The van der Waals surface area contributed by atoms with Crippen LogP contribution in [0.5, 0.6) is 0 Å². The van der Waals surface area contributed by atoms with E-state index in [2.05, 4.69) is 26.3 Å². The van der Waals surface area contributed by atoms with E-state index in [4.69, 9.17) is 0 Å². The van der Waals surface area contributed by atoms with Crippen molar-refractivity contribution in [3.63, 3.8) is 0 Å². The van der Waals surface area contributed by atoms with Gasteiger partial charge < -0.3 is 21.3 Å². The van der Waals surface area contributed by atoms with E-state index < -0.39 is 12.1 Å². The average molecular weight is 427 g/mol. The van der Waals surface area contributed by atoms with Gasteiger partial charge in [-0.2, -0.15) is 0 Å². The van der Waals surface area contributed by atoms with Crippen LogP contribution in [0.4, 0.5) is 10.6 Å². The predicted molar refractivity (Wildman–Crippen MR) is 114 cm³/mol. The number of likely N-dealkylation sites (N-methyl/N-ethyl adjacent to an activating group) is 1. The Bertz CT molecular complexity index is 730. The fourth-order valence-corrected chi connectivity index (χ4v) is 3.14. The highest BCUT2D eigenvalue weighted by molar-refractivity contribution is 6.01. The van der Waals surface area contributed by atoms with E-state index in [-0.39, 0.29) is 48.8 Å². The Hall–Kier alpha value is -2.39. The Morgan fingerprint density at radius 2 is 1.93 bits per heavy atom. The molecule has 29 heavy (non-hydrogen) atoms. The van der Waals surface area contributed by atoms with Gasteiger partial charge in [-0.15, -0.1) is 12.4 Å². The van der Waals surface area contributed by atoms with Gasteiger partial charge in [-0.25, -0.2) is 9.78 Å². The fraction of sp³-hybridized carbons (Fsp3) is 0.579. The second kappa shape index (κ2) is 11.0. The zero-order chi connectivity index (χ0) is 20.8. The molecule has 3 atom stereocenters. The summed E-state index contributed by atoms with van der Waals surface area (Å²) in [5, 5.41) is 11.0. The number of nitrogens with one attached hydrogen (secondary N) is 4. The van der Waals surface area contributed by atoms with Crippen molar-refractivity contribution >= 4 is 36.1 Å². The lowest BCUT2D eigenvalue weighted by molar-refractivity contribution is -0.129. The van der Waals surface area contributed by atoms with Gasteiger partial charge in [-0.1, -0.05) is 19.9 Å². The van der Waals surface area contributed by atoms with Gasteiger partial charge in [0.1, 0.15) is 11.9 Å². The third-order valence-electron chi connectivity index (χ3n) is 4.94. The van der Waals surface area contributed by atoms with Crippen molar-refractivity contribution in [2.45, 2.75) is 45.3 Å². The molecule has 1 aliphatic heterocycles. The standard InChI is InChI=1S/C19H30N6O3.ClH/c1-11(2)15(24-17(26)12(3)20-4)18(27)25-14(10-23-19(28)21-5)9-13-7-6-8-22-16(13)25;/h6-8,11-12,14-15,20H,9-10H2,1-5H3,(H,24,26)(H2,21,23,28);1H/t12?,14-,15-;/m0./s1. The van der Waals surface area contributed by atoms with Gasteiger partial charge in [0, 0.05) is 19.8 Å². The van der Waals surface area contributed by atoms with Crippen molar-refractivity contribution in [1.29, 1.82) is 0 Å². The number of amides is 4.